The maximum Gasteiger partial charge on any atom is 0.253 e. The summed E-state index contributed by atoms with van der Waals surface area (Å²) in [5.74, 6) is 0.0728. The molecule has 1 aliphatic heterocycles. The van der Waals surface area contributed by atoms with E-state index in [1.807, 2.05) is 71.4 Å². The fourth-order valence-electron chi connectivity index (χ4n) is 3.54. The molecule has 28 heavy (non-hydrogen) atoms. The molecule has 144 valence electrons. The Hall–Kier alpha value is -2.92. The fourth-order valence-corrected chi connectivity index (χ4v) is 3.54. The number of carbonyl (C=O) groups is 1. The monoisotopic (exact) mass is 375 g/mol. The minimum atomic E-state index is 0.0728. The lowest BCUT2D eigenvalue weighted by Crippen LogP contribution is -2.35. The van der Waals surface area contributed by atoms with Crippen LogP contribution in [0.25, 0.3) is 11.1 Å². The summed E-state index contributed by atoms with van der Waals surface area (Å²) in [7, 11) is 0. The molecule has 2 heterocycles. The van der Waals surface area contributed by atoms with Crippen molar-refractivity contribution in [2.45, 2.75) is 26.0 Å². The summed E-state index contributed by atoms with van der Waals surface area (Å²) in [4.78, 5) is 14.7. The summed E-state index contributed by atoms with van der Waals surface area (Å²) in [5, 5.41) is 4.47. The number of rotatable bonds is 4. The molecule has 0 radical (unpaired) electrons. The van der Waals surface area contributed by atoms with Gasteiger partial charge in [-0.2, -0.15) is 5.10 Å². The molecule has 4 rings (SSSR count). The third-order valence-corrected chi connectivity index (χ3v) is 5.03. The Balaban J connectivity index is 1.45. The first-order valence-electron chi connectivity index (χ1n) is 9.77. The van der Waals surface area contributed by atoms with Gasteiger partial charge in [0.05, 0.1) is 18.8 Å². The van der Waals surface area contributed by atoms with Crippen LogP contribution < -0.4 is 0 Å². The second-order valence-electron chi connectivity index (χ2n) is 7.28. The van der Waals surface area contributed by atoms with E-state index in [2.05, 4.69) is 17.2 Å². The third-order valence-electron chi connectivity index (χ3n) is 5.03. The van der Waals surface area contributed by atoms with Gasteiger partial charge in [-0.25, -0.2) is 0 Å². The van der Waals surface area contributed by atoms with Crippen LogP contribution in [0, 0.1) is 0 Å². The largest absolute Gasteiger partial charge is 0.377 e. The Morgan fingerprint density at radius 1 is 1.11 bits per heavy atom. The van der Waals surface area contributed by atoms with Crippen LogP contribution in [0.3, 0.4) is 0 Å². The van der Waals surface area contributed by atoms with E-state index in [9.17, 15) is 4.79 Å². The van der Waals surface area contributed by atoms with Crippen LogP contribution in [-0.4, -0.2) is 46.4 Å². The van der Waals surface area contributed by atoms with Crippen molar-refractivity contribution >= 4 is 5.91 Å². The average Bonchev–Trinajstić information content (AvgIpc) is 3.08. The Morgan fingerprint density at radius 3 is 2.68 bits per heavy atom. The SMILES string of the molecule is CC1CN(C(=O)c2ccc(-c3cnn(Cc4ccccc4)c3)cc2)CCCO1. The highest BCUT2D eigenvalue weighted by atomic mass is 16.5. The lowest BCUT2D eigenvalue weighted by molar-refractivity contribution is 0.0563. The van der Waals surface area contributed by atoms with Gasteiger partial charge in [0.15, 0.2) is 0 Å². The second-order valence-corrected chi connectivity index (χ2v) is 7.28. The number of hydrogen-bond donors (Lipinski definition) is 0. The third kappa shape index (κ3) is 4.31. The van der Waals surface area contributed by atoms with E-state index in [1.54, 1.807) is 0 Å². The zero-order valence-corrected chi connectivity index (χ0v) is 16.1. The average molecular weight is 375 g/mol. The van der Waals surface area contributed by atoms with Crippen LogP contribution in [-0.2, 0) is 11.3 Å². The van der Waals surface area contributed by atoms with Crippen LogP contribution in [0.2, 0.25) is 0 Å². The lowest BCUT2D eigenvalue weighted by Gasteiger charge is -2.22. The zero-order valence-electron chi connectivity index (χ0n) is 16.1. The van der Waals surface area contributed by atoms with Crippen molar-refractivity contribution in [3.63, 3.8) is 0 Å². The second kappa shape index (κ2) is 8.40. The molecule has 1 unspecified atom stereocenters. The molecule has 1 amide bonds. The molecule has 0 bridgehead atoms. The Kier molecular flexibility index (Phi) is 5.53. The number of aromatic nitrogens is 2. The van der Waals surface area contributed by atoms with E-state index in [-0.39, 0.29) is 12.0 Å². The van der Waals surface area contributed by atoms with Gasteiger partial charge in [-0.05, 0) is 36.6 Å². The predicted octanol–water partition coefficient (Wildman–Crippen LogP) is 3.85. The van der Waals surface area contributed by atoms with Crippen molar-refractivity contribution in [1.29, 1.82) is 0 Å². The highest BCUT2D eigenvalue weighted by Crippen LogP contribution is 2.21. The molecule has 0 aliphatic carbocycles. The van der Waals surface area contributed by atoms with E-state index < -0.39 is 0 Å². The van der Waals surface area contributed by atoms with Gasteiger partial charge in [0.25, 0.3) is 5.91 Å². The smallest absolute Gasteiger partial charge is 0.253 e. The number of carbonyl (C=O) groups excluding carboxylic acids is 1. The highest BCUT2D eigenvalue weighted by molar-refractivity contribution is 5.94. The number of amides is 1. The summed E-state index contributed by atoms with van der Waals surface area (Å²) in [6.45, 7) is 4.87. The summed E-state index contributed by atoms with van der Waals surface area (Å²) >= 11 is 0. The molecule has 5 heteroatoms. The molecule has 0 spiro atoms. The minimum Gasteiger partial charge on any atom is -0.377 e. The van der Waals surface area contributed by atoms with Crippen LogP contribution in [0.1, 0.15) is 29.3 Å². The van der Waals surface area contributed by atoms with Gasteiger partial charge in [0.2, 0.25) is 0 Å². The van der Waals surface area contributed by atoms with E-state index in [0.717, 1.165) is 42.8 Å². The van der Waals surface area contributed by atoms with Crippen molar-refractivity contribution in [3.8, 4) is 11.1 Å². The fraction of sp³-hybridized carbons (Fsp3) is 0.304. The Morgan fingerprint density at radius 2 is 1.89 bits per heavy atom. The van der Waals surface area contributed by atoms with Crippen LogP contribution in [0.5, 0.6) is 0 Å². The van der Waals surface area contributed by atoms with Gasteiger partial charge in [-0.1, -0.05) is 42.5 Å². The summed E-state index contributed by atoms with van der Waals surface area (Å²) in [6, 6.07) is 18.1. The molecule has 0 saturated carbocycles. The summed E-state index contributed by atoms with van der Waals surface area (Å²) in [6.07, 6.45) is 4.88. The molecule has 5 nitrogen and oxygen atoms in total. The van der Waals surface area contributed by atoms with Crippen LogP contribution in [0.15, 0.2) is 67.0 Å². The molecule has 0 N–H and O–H groups in total. The van der Waals surface area contributed by atoms with Crippen LogP contribution in [0.4, 0.5) is 0 Å². The molecular formula is C23H25N3O2. The van der Waals surface area contributed by atoms with E-state index in [0.29, 0.717) is 6.54 Å². The first-order valence-corrected chi connectivity index (χ1v) is 9.77. The van der Waals surface area contributed by atoms with Gasteiger partial charge in [-0.15, -0.1) is 0 Å². The van der Waals surface area contributed by atoms with Gasteiger partial charge < -0.3 is 9.64 Å². The quantitative estimate of drug-likeness (QED) is 0.696. The zero-order chi connectivity index (χ0) is 19.3. The van der Waals surface area contributed by atoms with Crippen molar-refractivity contribution in [1.82, 2.24) is 14.7 Å². The first kappa shape index (κ1) is 18.4. The maximum atomic E-state index is 12.8. The number of nitrogens with zero attached hydrogens (tertiary/aromatic N) is 3. The van der Waals surface area contributed by atoms with Gasteiger partial charge >= 0.3 is 0 Å². The molecule has 1 fully saturated rings. The van der Waals surface area contributed by atoms with E-state index in [1.165, 1.54) is 5.56 Å². The molecule has 1 aromatic heterocycles. The molecule has 1 atom stereocenters. The van der Waals surface area contributed by atoms with Crippen molar-refractivity contribution in [3.05, 3.63) is 78.1 Å². The normalized spacial score (nSPS) is 17.3. The molecule has 1 aliphatic rings. The molecule has 3 aromatic rings. The first-order chi connectivity index (χ1) is 13.7. The van der Waals surface area contributed by atoms with Crippen molar-refractivity contribution in [2.75, 3.05) is 19.7 Å². The number of ether oxygens (including phenoxy) is 1. The van der Waals surface area contributed by atoms with Gasteiger partial charge in [0, 0.05) is 37.0 Å². The van der Waals surface area contributed by atoms with Crippen molar-refractivity contribution in [2.24, 2.45) is 0 Å². The van der Waals surface area contributed by atoms with Crippen LogP contribution >= 0.6 is 0 Å². The Labute approximate surface area is 165 Å². The van der Waals surface area contributed by atoms with E-state index in [4.69, 9.17) is 4.74 Å². The summed E-state index contributed by atoms with van der Waals surface area (Å²) in [5.41, 5.74) is 4.04. The van der Waals surface area contributed by atoms with Gasteiger partial charge in [-0.3, -0.25) is 9.48 Å². The molecular weight excluding hydrogens is 350 g/mol. The topological polar surface area (TPSA) is 47.4 Å². The lowest BCUT2D eigenvalue weighted by atomic mass is 10.1. The minimum absolute atomic E-state index is 0.0728. The Bertz CT molecular complexity index is 919. The van der Waals surface area contributed by atoms with Crippen molar-refractivity contribution < 1.29 is 9.53 Å². The molecule has 1 saturated heterocycles. The highest BCUT2D eigenvalue weighted by Gasteiger charge is 2.21. The number of benzene rings is 2. The van der Waals surface area contributed by atoms with Gasteiger partial charge in [0.1, 0.15) is 0 Å². The molecule has 2 aromatic carbocycles. The predicted molar refractivity (Wildman–Crippen MR) is 109 cm³/mol. The maximum absolute atomic E-state index is 12.8. The van der Waals surface area contributed by atoms with E-state index >= 15 is 0 Å². The standard InChI is InChI=1S/C23H25N3O2/c1-18-15-25(12-5-13-28-18)23(27)21-10-8-20(9-11-21)22-14-24-26(17-22)16-19-6-3-2-4-7-19/h2-4,6-11,14,17-18H,5,12-13,15-16H2,1H3. The number of hydrogen-bond acceptors (Lipinski definition) is 3. The summed E-state index contributed by atoms with van der Waals surface area (Å²) < 4.78 is 7.57.